The summed E-state index contributed by atoms with van der Waals surface area (Å²) in [5.74, 6) is -0.376. The number of nitrogens with one attached hydrogen (secondary N) is 1. The molecule has 1 unspecified atom stereocenters. The molecule has 1 N–H and O–H groups in total. The van der Waals surface area contributed by atoms with Crippen LogP contribution in [0.5, 0.6) is 0 Å². The lowest BCUT2D eigenvalue weighted by molar-refractivity contribution is -0.121. The van der Waals surface area contributed by atoms with E-state index >= 15 is 0 Å². The topological polar surface area (TPSA) is 59.1 Å². The number of rotatable bonds is 2. The van der Waals surface area contributed by atoms with Crippen molar-refractivity contribution in [2.75, 3.05) is 0 Å². The highest BCUT2D eigenvalue weighted by Gasteiger charge is 2.29. The summed E-state index contributed by atoms with van der Waals surface area (Å²) < 4.78 is 0. The Balaban J connectivity index is 2.47. The molecule has 5 heteroatoms. The molecule has 0 bridgehead atoms. The first kappa shape index (κ1) is 11.6. The van der Waals surface area contributed by atoms with Gasteiger partial charge in [0.1, 0.15) is 5.68 Å². The second kappa shape index (κ2) is 4.53. The standard InChI is InChI=1S/C12H11BN2O2/c1-7-11(12(13)17)9(6-10(16)15-7)8-2-4-14-5-3-8/h2-5,9H,6H2,1H3,(H,15,16). The van der Waals surface area contributed by atoms with Gasteiger partial charge < -0.3 is 10.1 Å². The number of aromatic nitrogens is 1. The Kier molecular flexibility index (Phi) is 3.09. The van der Waals surface area contributed by atoms with Crippen molar-refractivity contribution in [1.29, 1.82) is 0 Å². The van der Waals surface area contributed by atoms with E-state index in [1.54, 1.807) is 31.5 Å². The van der Waals surface area contributed by atoms with E-state index in [1.807, 2.05) is 0 Å². The summed E-state index contributed by atoms with van der Waals surface area (Å²) >= 11 is 0. The number of carbonyl (C=O) groups is 2. The molecule has 0 spiro atoms. The van der Waals surface area contributed by atoms with Gasteiger partial charge in [-0.15, -0.1) is 0 Å². The van der Waals surface area contributed by atoms with Gasteiger partial charge in [-0.05, 0) is 24.6 Å². The summed E-state index contributed by atoms with van der Waals surface area (Å²) in [6.07, 6.45) is 3.51. The van der Waals surface area contributed by atoms with Gasteiger partial charge in [0.25, 0.3) is 0 Å². The first-order chi connectivity index (χ1) is 8.09. The Bertz CT molecular complexity index is 496. The fourth-order valence-electron chi connectivity index (χ4n) is 2.11. The molecule has 0 aromatic carbocycles. The first-order valence-electron chi connectivity index (χ1n) is 5.30. The molecule has 1 amide bonds. The molecule has 1 aliphatic rings. The molecule has 4 nitrogen and oxygen atoms in total. The Morgan fingerprint density at radius 3 is 2.71 bits per heavy atom. The third kappa shape index (κ3) is 2.28. The van der Waals surface area contributed by atoms with E-state index in [-0.39, 0.29) is 18.2 Å². The maximum Gasteiger partial charge on any atom is 0.225 e. The third-order valence-electron chi connectivity index (χ3n) is 2.84. The third-order valence-corrected chi connectivity index (χ3v) is 2.84. The van der Waals surface area contributed by atoms with Crippen LogP contribution < -0.4 is 5.32 Å². The number of pyridine rings is 1. The van der Waals surface area contributed by atoms with Gasteiger partial charge in [-0.1, -0.05) is 0 Å². The van der Waals surface area contributed by atoms with Crippen LogP contribution in [0.3, 0.4) is 0 Å². The molecule has 1 aliphatic heterocycles. The average molecular weight is 226 g/mol. The van der Waals surface area contributed by atoms with Gasteiger partial charge in [0.2, 0.25) is 5.91 Å². The van der Waals surface area contributed by atoms with Crippen LogP contribution in [0.2, 0.25) is 0 Å². The number of nitrogens with zero attached hydrogens (tertiary/aromatic N) is 1. The van der Waals surface area contributed by atoms with Crippen molar-refractivity contribution in [1.82, 2.24) is 10.3 Å². The normalized spacial score (nSPS) is 20.1. The van der Waals surface area contributed by atoms with Crippen molar-refractivity contribution in [3.8, 4) is 0 Å². The summed E-state index contributed by atoms with van der Waals surface area (Å²) in [4.78, 5) is 26.9. The van der Waals surface area contributed by atoms with Crippen molar-refractivity contribution in [2.45, 2.75) is 19.3 Å². The highest BCUT2D eigenvalue weighted by molar-refractivity contribution is 6.62. The number of allylic oxidation sites excluding steroid dienone is 2. The smallest absolute Gasteiger partial charge is 0.225 e. The fraction of sp³-hybridized carbons (Fsp3) is 0.250. The van der Waals surface area contributed by atoms with E-state index in [2.05, 4.69) is 10.3 Å². The molecular weight excluding hydrogens is 215 g/mol. The molecule has 84 valence electrons. The van der Waals surface area contributed by atoms with Gasteiger partial charge in [-0.3, -0.25) is 9.78 Å². The second-order valence-electron chi connectivity index (χ2n) is 3.99. The maximum atomic E-state index is 11.5. The fourth-order valence-corrected chi connectivity index (χ4v) is 2.11. The van der Waals surface area contributed by atoms with Gasteiger partial charge in [0, 0.05) is 36.0 Å². The lowest BCUT2D eigenvalue weighted by Gasteiger charge is -2.26. The van der Waals surface area contributed by atoms with Crippen molar-refractivity contribution >= 4 is 19.4 Å². The number of hydrogen-bond donors (Lipinski definition) is 1. The molecule has 1 atom stereocenters. The predicted molar refractivity (Wildman–Crippen MR) is 63.2 cm³/mol. The molecule has 17 heavy (non-hydrogen) atoms. The molecular formula is C12H11BN2O2. The first-order valence-corrected chi connectivity index (χ1v) is 5.30. The lowest BCUT2D eigenvalue weighted by atomic mass is 9.78. The van der Waals surface area contributed by atoms with Crippen molar-refractivity contribution in [3.63, 3.8) is 0 Å². The molecule has 0 saturated heterocycles. The highest BCUT2D eigenvalue weighted by atomic mass is 16.2. The molecule has 0 fully saturated rings. The van der Waals surface area contributed by atoms with E-state index in [0.29, 0.717) is 11.3 Å². The zero-order chi connectivity index (χ0) is 12.4. The molecule has 2 radical (unpaired) electrons. The van der Waals surface area contributed by atoms with Crippen LogP contribution in [-0.2, 0) is 9.59 Å². The zero-order valence-corrected chi connectivity index (χ0v) is 9.43. The van der Waals surface area contributed by atoms with Crippen LogP contribution in [0.25, 0.3) is 0 Å². The van der Waals surface area contributed by atoms with E-state index in [9.17, 15) is 9.59 Å². The summed E-state index contributed by atoms with van der Waals surface area (Å²) in [6.45, 7) is 1.69. The van der Waals surface area contributed by atoms with E-state index in [4.69, 9.17) is 7.85 Å². The van der Waals surface area contributed by atoms with Crippen LogP contribution >= 0.6 is 0 Å². The predicted octanol–water partition coefficient (Wildman–Crippen LogP) is 0.654. The maximum absolute atomic E-state index is 11.5. The van der Waals surface area contributed by atoms with Gasteiger partial charge >= 0.3 is 0 Å². The van der Waals surface area contributed by atoms with Crippen molar-refractivity contribution in [2.24, 2.45) is 0 Å². The molecule has 0 saturated carbocycles. The molecule has 0 aliphatic carbocycles. The monoisotopic (exact) mass is 226 g/mol. The highest BCUT2D eigenvalue weighted by Crippen LogP contribution is 2.32. The molecule has 2 rings (SSSR count). The van der Waals surface area contributed by atoms with Crippen LogP contribution in [0.1, 0.15) is 24.8 Å². The number of amides is 1. The average Bonchev–Trinajstić information content (AvgIpc) is 2.28. The summed E-state index contributed by atoms with van der Waals surface area (Å²) in [7, 11) is 5.37. The zero-order valence-electron chi connectivity index (χ0n) is 9.43. The van der Waals surface area contributed by atoms with Crippen LogP contribution in [0.15, 0.2) is 35.8 Å². The van der Waals surface area contributed by atoms with Crippen LogP contribution in [-0.4, -0.2) is 24.4 Å². The SMILES string of the molecule is [B]C(=O)C1=C(C)NC(=O)CC1c1ccncc1. The Morgan fingerprint density at radius 1 is 1.47 bits per heavy atom. The van der Waals surface area contributed by atoms with Crippen molar-refractivity contribution in [3.05, 3.63) is 41.4 Å². The van der Waals surface area contributed by atoms with Gasteiger partial charge in [-0.25, -0.2) is 0 Å². The lowest BCUT2D eigenvalue weighted by Crippen LogP contribution is -2.33. The summed E-state index contributed by atoms with van der Waals surface area (Å²) in [5, 5.41) is 2.63. The largest absolute Gasteiger partial charge is 0.330 e. The number of carbonyl (C=O) groups excluding carboxylic acids is 2. The van der Waals surface area contributed by atoms with E-state index in [0.717, 1.165) is 5.56 Å². The quantitative estimate of drug-likeness (QED) is 0.753. The Hall–Kier alpha value is -1.91. The van der Waals surface area contributed by atoms with Gasteiger partial charge in [0.15, 0.2) is 7.85 Å². The minimum atomic E-state index is -0.496. The second-order valence-corrected chi connectivity index (χ2v) is 3.99. The summed E-state index contributed by atoms with van der Waals surface area (Å²) in [5.41, 5.74) is 1.39. The Morgan fingerprint density at radius 2 is 2.12 bits per heavy atom. The molecule has 1 aromatic rings. The Labute approximate surface area is 101 Å². The van der Waals surface area contributed by atoms with Crippen molar-refractivity contribution < 1.29 is 9.59 Å². The van der Waals surface area contributed by atoms with Crippen LogP contribution in [0, 0.1) is 0 Å². The van der Waals surface area contributed by atoms with E-state index in [1.165, 1.54) is 0 Å². The minimum Gasteiger partial charge on any atom is -0.330 e. The number of hydrogen-bond acceptors (Lipinski definition) is 3. The summed E-state index contributed by atoms with van der Waals surface area (Å²) in [6, 6.07) is 3.58. The van der Waals surface area contributed by atoms with Gasteiger partial charge in [-0.2, -0.15) is 0 Å². The molecule has 1 aromatic heterocycles. The molecule has 2 heterocycles. The minimum absolute atomic E-state index is 0.102. The van der Waals surface area contributed by atoms with Crippen LogP contribution in [0.4, 0.5) is 0 Å². The van der Waals surface area contributed by atoms with E-state index < -0.39 is 5.68 Å². The van der Waals surface area contributed by atoms with Gasteiger partial charge in [0.05, 0.1) is 0 Å².